The van der Waals surface area contributed by atoms with Crippen LogP contribution in [0.1, 0.15) is 12.8 Å². The maximum absolute atomic E-state index is 4.70. The van der Waals surface area contributed by atoms with Crippen molar-refractivity contribution in [1.82, 2.24) is 0 Å². The van der Waals surface area contributed by atoms with Crippen LogP contribution in [0.15, 0.2) is 60.7 Å². The number of hydrogen-bond acceptors (Lipinski definition) is 0. The van der Waals surface area contributed by atoms with E-state index < -0.39 is 0 Å². The molecule has 0 unspecified atom stereocenters. The van der Waals surface area contributed by atoms with Crippen molar-refractivity contribution in [3.63, 3.8) is 0 Å². The Morgan fingerprint density at radius 1 is 0.850 bits per heavy atom. The summed E-state index contributed by atoms with van der Waals surface area (Å²) in [4.78, 5) is 0. The van der Waals surface area contributed by atoms with Crippen LogP contribution in [-0.2, 0) is 12.7 Å². The third-order valence-corrected chi connectivity index (χ3v) is 5.37. The molecule has 2 aromatic carbocycles. The van der Waals surface area contributed by atoms with Gasteiger partial charge in [0.25, 0.3) is 0 Å². The molecule has 4 heteroatoms. The van der Waals surface area contributed by atoms with E-state index in [0.717, 1.165) is 6.42 Å². The van der Waals surface area contributed by atoms with Crippen molar-refractivity contribution >= 4 is 38.9 Å². The molecule has 0 saturated heterocycles. The summed E-state index contributed by atoms with van der Waals surface area (Å²) in [5, 5.41) is 2.95. The summed E-state index contributed by atoms with van der Waals surface area (Å²) in [5.41, 5.74) is 0. The minimum absolute atomic E-state index is 0.197. The molecular weight excluding hydrogens is 353 g/mol. The fourth-order valence-electron chi connectivity index (χ4n) is 1.89. The molecule has 0 fully saturated rings. The Morgan fingerprint density at radius 2 is 1.25 bits per heavy atom. The van der Waals surface area contributed by atoms with Crippen molar-refractivity contribution in [2.45, 2.75) is 12.8 Å². The van der Waals surface area contributed by atoms with Gasteiger partial charge in [-0.3, -0.25) is 0 Å². The number of hydrogen-bond donors (Lipinski definition) is 0. The Labute approximate surface area is 138 Å². The second-order valence-electron chi connectivity index (χ2n) is 4.08. The van der Waals surface area contributed by atoms with E-state index in [1.165, 1.54) is 23.2 Å². The van der Waals surface area contributed by atoms with Crippen molar-refractivity contribution in [3.8, 4) is 0 Å². The van der Waals surface area contributed by atoms with Gasteiger partial charge in [-0.25, -0.2) is 0 Å². The Bertz CT molecular complexity index is 411. The third-order valence-electron chi connectivity index (χ3n) is 2.77. The topological polar surface area (TPSA) is 0 Å². The summed E-state index contributed by atoms with van der Waals surface area (Å²) in [5.74, 6) is 0. The van der Waals surface area contributed by atoms with Crippen molar-refractivity contribution in [2.75, 3.05) is 6.16 Å². The maximum atomic E-state index is 4.70. The molecule has 0 saturated carbocycles. The van der Waals surface area contributed by atoms with Gasteiger partial charge in [-0.1, -0.05) is 67.1 Å². The van der Waals surface area contributed by atoms with Gasteiger partial charge in [0.2, 0.25) is 0 Å². The molecule has 0 radical (unpaired) electrons. The van der Waals surface area contributed by atoms with Crippen LogP contribution in [-0.4, -0.2) is 6.16 Å². The fraction of sp³-hybridized carbons (Fsp3) is 0.188. The van der Waals surface area contributed by atoms with Gasteiger partial charge >= 0.3 is 33.0 Å². The van der Waals surface area contributed by atoms with Gasteiger partial charge < -0.3 is 6.92 Å². The summed E-state index contributed by atoms with van der Waals surface area (Å²) in [6, 6.07) is 21.7. The molecule has 0 atom stereocenters. The molecule has 0 amide bonds. The Balaban J connectivity index is 0.000000612. The first-order valence-corrected chi connectivity index (χ1v) is 10.6. The molecule has 2 rings (SSSR count). The van der Waals surface area contributed by atoms with Crippen LogP contribution in [0.2, 0.25) is 0 Å². The van der Waals surface area contributed by atoms with Crippen molar-refractivity contribution < 1.29 is 12.7 Å². The number of benzene rings is 2. The van der Waals surface area contributed by atoms with E-state index >= 15 is 0 Å². The van der Waals surface area contributed by atoms with Gasteiger partial charge in [-0.05, 0) is 24.7 Å². The predicted molar refractivity (Wildman–Crippen MR) is 90.2 cm³/mol. The van der Waals surface area contributed by atoms with E-state index in [2.05, 4.69) is 67.6 Å². The van der Waals surface area contributed by atoms with Gasteiger partial charge in [0, 0.05) is 0 Å². The predicted octanol–water partition coefficient (Wildman–Crippen LogP) is 5.11. The zero-order valence-corrected chi connectivity index (χ0v) is 14.5. The molecule has 0 aliphatic carbocycles. The molecule has 0 aliphatic heterocycles. The molecule has 0 aromatic heterocycles. The second kappa shape index (κ2) is 11.6. The van der Waals surface area contributed by atoms with E-state index in [1.807, 2.05) is 0 Å². The average Bonchev–Trinajstić information content (AvgIpc) is 2.51. The molecule has 20 heavy (non-hydrogen) atoms. The van der Waals surface area contributed by atoms with Crippen LogP contribution in [0.5, 0.6) is 0 Å². The van der Waals surface area contributed by atoms with Gasteiger partial charge in [0.15, 0.2) is 0 Å². The van der Waals surface area contributed by atoms with Crippen LogP contribution >= 0.6 is 28.3 Å². The standard InChI is InChI=1S/C16H18P.2ClH.Ni/c1-2-3-14-17(15-10-6-4-7-11-15)16-12-8-5-9-13-16;;;/h4-13H,1-3,14H2;2*1H;/q-1;;;+3/p-2. The van der Waals surface area contributed by atoms with Crippen molar-refractivity contribution in [1.29, 1.82) is 0 Å². The summed E-state index contributed by atoms with van der Waals surface area (Å²) < 4.78 is 0. The zero-order chi connectivity index (χ0) is 14.6. The van der Waals surface area contributed by atoms with E-state index in [4.69, 9.17) is 20.4 Å². The first-order chi connectivity index (χ1) is 9.83. The van der Waals surface area contributed by atoms with E-state index in [9.17, 15) is 0 Å². The van der Waals surface area contributed by atoms with E-state index in [-0.39, 0.29) is 7.92 Å². The summed E-state index contributed by atoms with van der Waals surface area (Å²) in [6.07, 6.45) is 3.47. The molecular formula is C16H18Cl2NiP. The zero-order valence-electron chi connectivity index (χ0n) is 11.1. The summed E-state index contributed by atoms with van der Waals surface area (Å²) in [6.45, 7) is 3.96. The normalized spacial score (nSPS) is 10.2. The summed E-state index contributed by atoms with van der Waals surface area (Å²) in [7, 11) is 9.21. The quantitative estimate of drug-likeness (QED) is 0.390. The van der Waals surface area contributed by atoms with Crippen LogP contribution < -0.4 is 10.6 Å². The Morgan fingerprint density at radius 3 is 1.60 bits per heavy atom. The van der Waals surface area contributed by atoms with Gasteiger partial charge in [-0.15, -0.1) is 0 Å². The molecule has 0 aliphatic rings. The number of rotatable bonds is 5. The van der Waals surface area contributed by atoms with Crippen LogP contribution in [0.25, 0.3) is 0 Å². The van der Waals surface area contributed by atoms with Crippen molar-refractivity contribution in [3.05, 3.63) is 67.6 Å². The third kappa shape index (κ3) is 6.60. The molecule has 0 bridgehead atoms. The van der Waals surface area contributed by atoms with E-state index in [1.54, 1.807) is 0 Å². The number of halogens is 2. The second-order valence-corrected chi connectivity index (χ2v) is 8.04. The van der Waals surface area contributed by atoms with Crippen molar-refractivity contribution in [2.24, 2.45) is 0 Å². The van der Waals surface area contributed by atoms with Gasteiger partial charge in [0.1, 0.15) is 0 Å². The molecule has 2 aromatic rings. The van der Waals surface area contributed by atoms with E-state index in [0.29, 0.717) is 12.7 Å². The first-order valence-electron chi connectivity index (χ1n) is 6.32. The average molecular weight is 371 g/mol. The molecule has 0 heterocycles. The molecule has 111 valence electrons. The van der Waals surface area contributed by atoms with Crippen LogP contribution in [0, 0.1) is 6.92 Å². The molecule has 0 spiro atoms. The summed E-state index contributed by atoms with van der Waals surface area (Å²) >= 11 is 0.569. The Hall–Kier alpha value is -0.0565. The monoisotopic (exact) mass is 369 g/mol. The first kappa shape index (κ1) is 18.0. The van der Waals surface area contributed by atoms with Gasteiger partial charge in [-0.2, -0.15) is 6.42 Å². The number of unbranched alkanes of at least 4 members (excludes halogenated alkanes) is 1. The fourth-order valence-corrected chi connectivity index (χ4v) is 4.31. The van der Waals surface area contributed by atoms with Gasteiger partial charge in [0.05, 0.1) is 0 Å². The van der Waals surface area contributed by atoms with Crippen LogP contribution in [0.4, 0.5) is 0 Å². The minimum atomic E-state index is -0.197. The molecule has 0 N–H and O–H groups in total. The Kier molecular flexibility index (Phi) is 10.4. The SMILES string of the molecule is [CH2-]CCCP(c1ccccc1)c1ccccc1.[Cl][Ni+][Cl]. The molecule has 0 nitrogen and oxygen atoms in total. The van der Waals surface area contributed by atoms with Crippen LogP contribution in [0.3, 0.4) is 0 Å².